The first kappa shape index (κ1) is 15.5. The maximum atomic E-state index is 12.0. The van der Waals surface area contributed by atoms with Gasteiger partial charge in [-0.2, -0.15) is 0 Å². The minimum absolute atomic E-state index is 0.00713. The molecule has 0 N–H and O–H groups in total. The molecule has 0 aliphatic heterocycles. The van der Waals surface area contributed by atoms with Crippen LogP contribution in [0.2, 0.25) is 0 Å². The standard InChI is InChI=1S/C13H9F3N2O4/c14-13(15,16)22-10-5-3-9(4-6-10)8-17-7-1-2-11(12(17)19)18(20)21/h1-7H,8H2. The smallest absolute Gasteiger partial charge is 0.406 e. The lowest BCUT2D eigenvalue weighted by molar-refractivity contribution is -0.386. The molecule has 0 aliphatic carbocycles. The van der Waals surface area contributed by atoms with Gasteiger partial charge >= 0.3 is 17.6 Å². The number of alkyl halides is 3. The summed E-state index contributed by atoms with van der Waals surface area (Å²) in [7, 11) is 0. The van der Waals surface area contributed by atoms with Crippen molar-refractivity contribution < 1.29 is 22.8 Å². The van der Waals surface area contributed by atoms with Crippen LogP contribution in [-0.2, 0) is 6.54 Å². The molecule has 6 nitrogen and oxygen atoms in total. The second-order valence-electron chi connectivity index (χ2n) is 4.28. The minimum Gasteiger partial charge on any atom is -0.406 e. The number of aromatic nitrogens is 1. The quantitative estimate of drug-likeness (QED) is 0.642. The van der Waals surface area contributed by atoms with E-state index in [1.807, 2.05) is 0 Å². The van der Waals surface area contributed by atoms with E-state index in [-0.39, 0.29) is 12.3 Å². The van der Waals surface area contributed by atoms with Crippen LogP contribution in [-0.4, -0.2) is 15.9 Å². The predicted octanol–water partition coefficient (Wildman–Crippen LogP) is 2.70. The van der Waals surface area contributed by atoms with Gasteiger partial charge in [0.05, 0.1) is 11.5 Å². The fraction of sp³-hybridized carbons (Fsp3) is 0.154. The van der Waals surface area contributed by atoms with Crippen molar-refractivity contribution in [1.82, 2.24) is 4.57 Å². The number of hydrogen-bond acceptors (Lipinski definition) is 4. The van der Waals surface area contributed by atoms with Crippen molar-refractivity contribution in [1.29, 1.82) is 0 Å². The molecule has 1 aromatic carbocycles. The van der Waals surface area contributed by atoms with Gasteiger partial charge < -0.3 is 9.30 Å². The first-order valence-corrected chi connectivity index (χ1v) is 5.95. The number of nitrogens with zero attached hydrogens (tertiary/aromatic N) is 2. The summed E-state index contributed by atoms with van der Waals surface area (Å²) in [6.45, 7) is -0.00713. The normalized spacial score (nSPS) is 11.2. The molecule has 22 heavy (non-hydrogen) atoms. The molecule has 2 aromatic rings. The minimum atomic E-state index is -4.78. The number of ether oxygens (including phenoxy) is 1. The molecule has 2 rings (SSSR count). The maximum Gasteiger partial charge on any atom is 0.573 e. The van der Waals surface area contributed by atoms with Gasteiger partial charge in [-0.05, 0) is 23.8 Å². The van der Waals surface area contributed by atoms with E-state index in [1.54, 1.807) is 0 Å². The van der Waals surface area contributed by atoms with Crippen molar-refractivity contribution in [2.24, 2.45) is 0 Å². The Balaban J connectivity index is 2.20. The van der Waals surface area contributed by atoms with Crippen LogP contribution >= 0.6 is 0 Å². The van der Waals surface area contributed by atoms with Crippen molar-refractivity contribution in [2.75, 3.05) is 0 Å². The van der Waals surface area contributed by atoms with Crippen LogP contribution in [0, 0.1) is 10.1 Å². The molecular formula is C13H9F3N2O4. The number of pyridine rings is 1. The van der Waals surface area contributed by atoms with E-state index in [2.05, 4.69) is 4.74 Å². The van der Waals surface area contributed by atoms with E-state index in [9.17, 15) is 28.1 Å². The Bertz CT molecular complexity index is 738. The molecule has 0 saturated heterocycles. The van der Waals surface area contributed by atoms with Crippen molar-refractivity contribution in [3.63, 3.8) is 0 Å². The number of rotatable bonds is 4. The van der Waals surface area contributed by atoms with Gasteiger partial charge in [-0.25, -0.2) is 0 Å². The zero-order valence-electron chi connectivity index (χ0n) is 10.9. The summed E-state index contributed by atoms with van der Waals surface area (Å²) in [6.07, 6.45) is -3.42. The van der Waals surface area contributed by atoms with Gasteiger partial charge in [0.2, 0.25) is 0 Å². The Morgan fingerprint density at radius 3 is 2.36 bits per heavy atom. The lowest BCUT2D eigenvalue weighted by atomic mass is 10.2. The highest BCUT2D eigenvalue weighted by Gasteiger charge is 2.30. The summed E-state index contributed by atoms with van der Waals surface area (Å²) in [5, 5.41) is 10.7. The third-order valence-corrected chi connectivity index (χ3v) is 2.71. The molecule has 1 heterocycles. The molecule has 0 saturated carbocycles. The third-order valence-electron chi connectivity index (χ3n) is 2.71. The molecule has 0 atom stereocenters. The van der Waals surface area contributed by atoms with Crippen LogP contribution in [0.15, 0.2) is 47.4 Å². The van der Waals surface area contributed by atoms with E-state index in [1.165, 1.54) is 24.4 Å². The van der Waals surface area contributed by atoms with E-state index >= 15 is 0 Å². The second-order valence-corrected chi connectivity index (χ2v) is 4.28. The topological polar surface area (TPSA) is 74.4 Å². The van der Waals surface area contributed by atoms with E-state index < -0.39 is 22.5 Å². The van der Waals surface area contributed by atoms with Gasteiger partial charge in [0.1, 0.15) is 5.75 Å². The van der Waals surface area contributed by atoms with E-state index in [0.29, 0.717) is 5.56 Å². The Morgan fingerprint density at radius 1 is 1.18 bits per heavy atom. The van der Waals surface area contributed by atoms with Gasteiger partial charge in [0.25, 0.3) is 0 Å². The number of hydrogen-bond donors (Lipinski definition) is 0. The van der Waals surface area contributed by atoms with Gasteiger partial charge in [-0.1, -0.05) is 12.1 Å². The number of halogens is 3. The molecule has 0 spiro atoms. The Hall–Kier alpha value is -2.84. The van der Waals surface area contributed by atoms with Crippen molar-refractivity contribution in [3.05, 3.63) is 68.6 Å². The lowest BCUT2D eigenvalue weighted by Gasteiger charge is -2.10. The molecule has 0 bridgehead atoms. The average molecular weight is 314 g/mol. The highest BCUT2D eigenvalue weighted by molar-refractivity contribution is 5.29. The molecule has 0 aliphatic rings. The largest absolute Gasteiger partial charge is 0.573 e. The third kappa shape index (κ3) is 3.84. The first-order valence-electron chi connectivity index (χ1n) is 5.95. The lowest BCUT2D eigenvalue weighted by Crippen LogP contribution is -2.22. The molecule has 1 aromatic heterocycles. The Labute approximate surface area is 121 Å². The summed E-state index contributed by atoms with van der Waals surface area (Å²) >= 11 is 0. The maximum absolute atomic E-state index is 12.0. The predicted molar refractivity (Wildman–Crippen MR) is 69.6 cm³/mol. The molecular weight excluding hydrogens is 305 g/mol. The zero-order chi connectivity index (χ0) is 16.3. The van der Waals surface area contributed by atoms with Crippen LogP contribution in [0.1, 0.15) is 5.56 Å². The van der Waals surface area contributed by atoms with Crippen LogP contribution < -0.4 is 10.3 Å². The van der Waals surface area contributed by atoms with Crippen LogP contribution in [0.4, 0.5) is 18.9 Å². The molecule has 116 valence electrons. The van der Waals surface area contributed by atoms with Crippen LogP contribution in [0.25, 0.3) is 0 Å². The highest BCUT2D eigenvalue weighted by atomic mass is 19.4. The highest BCUT2D eigenvalue weighted by Crippen LogP contribution is 2.22. The molecule has 0 fully saturated rings. The summed E-state index contributed by atoms with van der Waals surface area (Å²) in [5.41, 5.74) is -0.861. The first-order chi connectivity index (χ1) is 10.3. The molecule has 0 amide bonds. The summed E-state index contributed by atoms with van der Waals surface area (Å²) < 4.78 is 40.9. The van der Waals surface area contributed by atoms with Gasteiger partial charge in [-0.3, -0.25) is 14.9 Å². The van der Waals surface area contributed by atoms with E-state index in [4.69, 9.17) is 0 Å². The van der Waals surface area contributed by atoms with Crippen molar-refractivity contribution in [2.45, 2.75) is 12.9 Å². The van der Waals surface area contributed by atoms with Crippen molar-refractivity contribution >= 4 is 5.69 Å². The van der Waals surface area contributed by atoms with Gasteiger partial charge in [-0.15, -0.1) is 13.2 Å². The Kier molecular flexibility index (Phi) is 4.15. The Morgan fingerprint density at radius 2 is 1.82 bits per heavy atom. The number of nitro groups is 1. The van der Waals surface area contributed by atoms with E-state index in [0.717, 1.165) is 22.8 Å². The zero-order valence-corrected chi connectivity index (χ0v) is 10.9. The monoisotopic (exact) mass is 314 g/mol. The summed E-state index contributed by atoms with van der Waals surface area (Å²) in [6, 6.07) is 7.31. The summed E-state index contributed by atoms with van der Waals surface area (Å²) in [4.78, 5) is 21.7. The van der Waals surface area contributed by atoms with Crippen LogP contribution in [0.3, 0.4) is 0 Å². The average Bonchev–Trinajstić information content (AvgIpc) is 2.41. The fourth-order valence-corrected chi connectivity index (χ4v) is 1.78. The SMILES string of the molecule is O=c1c([N+](=O)[O-])cccn1Cc1ccc(OC(F)(F)F)cc1. The van der Waals surface area contributed by atoms with Crippen LogP contribution in [0.5, 0.6) is 5.75 Å². The summed E-state index contributed by atoms with van der Waals surface area (Å²) in [5.74, 6) is -0.386. The molecule has 0 radical (unpaired) electrons. The molecule has 0 unspecified atom stereocenters. The van der Waals surface area contributed by atoms with Gasteiger partial charge in [0.15, 0.2) is 0 Å². The van der Waals surface area contributed by atoms with Crippen molar-refractivity contribution in [3.8, 4) is 5.75 Å². The second kappa shape index (κ2) is 5.88. The molecule has 9 heteroatoms. The van der Waals surface area contributed by atoms with Gasteiger partial charge in [0, 0.05) is 12.3 Å². The number of benzene rings is 1. The fourth-order valence-electron chi connectivity index (χ4n) is 1.78.